The van der Waals surface area contributed by atoms with E-state index in [1.54, 1.807) is 24.3 Å². The summed E-state index contributed by atoms with van der Waals surface area (Å²) in [4.78, 5) is 23.1. The van der Waals surface area contributed by atoms with E-state index in [1.807, 2.05) is 6.92 Å². The molecule has 2 amide bonds. The number of hydrogen-bond donors (Lipinski definition) is 2. The van der Waals surface area contributed by atoms with Crippen molar-refractivity contribution in [3.05, 3.63) is 24.3 Å². The molecule has 110 valence electrons. The Balaban J connectivity index is 2.58. The van der Waals surface area contributed by atoms with Crippen molar-refractivity contribution in [1.29, 1.82) is 0 Å². The maximum Gasteiger partial charge on any atom is 0.227 e. The van der Waals surface area contributed by atoms with Crippen LogP contribution in [-0.2, 0) is 9.59 Å². The van der Waals surface area contributed by atoms with Crippen molar-refractivity contribution < 1.29 is 9.59 Å². The molecule has 4 nitrogen and oxygen atoms in total. The largest absolute Gasteiger partial charge is 0.326 e. The molecule has 0 saturated carbocycles. The van der Waals surface area contributed by atoms with E-state index in [-0.39, 0.29) is 17.7 Å². The molecule has 1 aromatic rings. The monoisotopic (exact) mass is 276 g/mol. The van der Waals surface area contributed by atoms with Crippen molar-refractivity contribution in [2.75, 3.05) is 10.6 Å². The third-order valence-corrected chi connectivity index (χ3v) is 3.24. The summed E-state index contributed by atoms with van der Waals surface area (Å²) in [5, 5.41) is 5.63. The Bertz CT molecular complexity index is 440. The molecule has 0 aromatic heterocycles. The Morgan fingerprint density at radius 1 is 1.05 bits per heavy atom. The molecule has 0 unspecified atom stereocenters. The van der Waals surface area contributed by atoms with Gasteiger partial charge in [-0.05, 0) is 37.1 Å². The summed E-state index contributed by atoms with van der Waals surface area (Å²) in [5.74, 6) is 0.0468. The second-order valence-corrected chi connectivity index (χ2v) is 5.00. The van der Waals surface area contributed by atoms with Gasteiger partial charge in [-0.15, -0.1) is 0 Å². The molecule has 0 heterocycles. The van der Waals surface area contributed by atoms with E-state index in [1.165, 1.54) is 6.92 Å². The predicted molar refractivity (Wildman–Crippen MR) is 82.7 cm³/mol. The van der Waals surface area contributed by atoms with Gasteiger partial charge in [0, 0.05) is 24.2 Å². The van der Waals surface area contributed by atoms with Crippen LogP contribution in [0.5, 0.6) is 0 Å². The second kappa shape index (κ2) is 8.35. The molecule has 1 atom stereocenters. The average molecular weight is 276 g/mol. The van der Waals surface area contributed by atoms with Crippen LogP contribution in [0.25, 0.3) is 0 Å². The number of carbonyl (C=O) groups excluding carboxylic acids is 2. The fourth-order valence-electron chi connectivity index (χ4n) is 2.06. The number of unbranched alkanes of at least 4 members (excludes halogenated alkanes) is 1. The molecule has 4 heteroatoms. The smallest absolute Gasteiger partial charge is 0.227 e. The topological polar surface area (TPSA) is 58.2 Å². The first-order valence-corrected chi connectivity index (χ1v) is 7.25. The SMILES string of the molecule is CCCC[C@@H](CC)C(=O)Nc1ccc(NC(C)=O)cc1. The lowest BCUT2D eigenvalue weighted by atomic mass is 9.98. The lowest BCUT2D eigenvalue weighted by Crippen LogP contribution is -2.22. The molecule has 0 bridgehead atoms. The normalized spacial score (nSPS) is 11.8. The van der Waals surface area contributed by atoms with Gasteiger partial charge in [-0.3, -0.25) is 9.59 Å². The van der Waals surface area contributed by atoms with Crippen molar-refractivity contribution >= 4 is 23.2 Å². The molecule has 20 heavy (non-hydrogen) atoms. The minimum Gasteiger partial charge on any atom is -0.326 e. The van der Waals surface area contributed by atoms with Gasteiger partial charge in [0.2, 0.25) is 11.8 Å². The highest BCUT2D eigenvalue weighted by Gasteiger charge is 2.15. The van der Waals surface area contributed by atoms with Gasteiger partial charge >= 0.3 is 0 Å². The van der Waals surface area contributed by atoms with Crippen molar-refractivity contribution in [2.24, 2.45) is 5.92 Å². The molecule has 1 rings (SSSR count). The average Bonchev–Trinajstić information content (AvgIpc) is 2.41. The van der Waals surface area contributed by atoms with Crippen LogP contribution in [-0.4, -0.2) is 11.8 Å². The molecular weight excluding hydrogens is 252 g/mol. The van der Waals surface area contributed by atoms with Crippen molar-refractivity contribution in [3.63, 3.8) is 0 Å². The Morgan fingerprint density at radius 2 is 1.60 bits per heavy atom. The van der Waals surface area contributed by atoms with Gasteiger partial charge in [0.15, 0.2) is 0 Å². The van der Waals surface area contributed by atoms with Crippen LogP contribution < -0.4 is 10.6 Å². The zero-order chi connectivity index (χ0) is 15.0. The molecule has 0 saturated heterocycles. The highest BCUT2D eigenvalue weighted by molar-refractivity contribution is 5.93. The summed E-state index contributed by atoms with van der Waals surface area (Å²) < 4.78 is 0. The first-order valence-electron chi connectivity index (χ1n) is 7.25. The summed E-state index contributed by atoms with van der Waals surface area (Å²) in [5.41, 5.74) is 1.49. The van der Waals surface area contributed by atoms with Crippen LogP contribution in [0, 0.1) is 5.92 Å². The van der Waals surface area contributed by atoms with Crippen LogP contribution in [0.1, 0.15) is 46.5 Å². The summed E-state index contributed by atoms with van der Waals surface area (Å²) >= 11 is 0. The van der Waals surface area contributed by atoms with Gasteiger partial charge < -0.3 is 10.6 Å². The van der Waals surface area contributed by atoms with Crippen molar-refractivity contribution in [3.8, 4) is 0 Å². The van der Waals surface area contributed by atoms with Crippen molar-refractivity contribution in [2.45, 2.75) is 46.5 Å². The first kappa shape index (κ1) is 16.2. The van der Waals surface area contributed by atoms with Gasteiger partial charge in [-0.25, -0.2) is 0 Å². The molecule has 0 radical (unpaired) electrons. The molecule has 0 aliphatic heterocycles. The number of benzene rings is 1. The van der Waals surface area contributed by atoms with Crippen LogP contribution in [0.4, 0.5) is 11.4 Å². The fraction of sp³-hybridized carbons (Fsp3) is 0.500. The Kier molecular flexibility index (Phi) is 6.77. The summed E-state index contributed by atoms with van der Waals surface area (Å²) in [7, 11) is 0. The lowest BCUT2D eigenvalue weighted by Gasteiger charge is -2.14. The number of nitrogens with one attached hydrogen (secondary N) is 2. The summed E-state index contributed by atoms with van der Waals surface area (Å²) in [6, 6.07) is 7.17. The lowest BCUT2D eigenvalue weighted by molar-refractivity contribution is -0.120. The number of hydrogen-bond acceptors (Lipinski definition) is 2. The van der Waals surface area contributed by atoms with E-state index in [4.69, 9.17) is 0 Å². The second-order valence-electron chi connectivity index (χ2n) is 5.00. The van der Waals surface area contributed by atoms with Gasteiger partial charge in [0.1, 0.15) is 0 Å². The molecule has 0 spiro atoms. The Hall–Kier alpha value is -1.84. The molecule has 2 N–H and O–H groups in total. The molecule has 0 aliphatic carbocycles. The minimum atomic E-state index is -0.104. The maximum absolute atomic E-state index is 12.1. The summed E-state index contributed by atoms with van der Waals surface area (Å²) in [6.45, 7) is 5.64. The van der Waals surface area contributed by atoms with Crippen molar-refractivity contribution in [1.82, 2.24) is 0 Å². The number of amides is 2. The highest BCUT2D eigenvalue weighted by Crippen LogP contribution is 2.18. The first-order chi connectivity index (χ1) is 9.56. The number of rotatable bonds is 7. The van der Waals surface area contributed by atoms with E-state index in [9.17, 15) is 9.59 Å². The van der Waals surface area contributed by atoms with Crippen LogP contribution >= 0.6 is 0 Å². The van der Waals surface area contributed by atoms with Gasteiger partial charge in [-0.2, -0.15) is 0 Å². The zero-order valence-corrected chi connectivity index (χ0v) is 12.5. The molecule has 0 fully saturated rings. The van der Waals surface area contributed by atoms with E-state index in [0.717, 1.165) is 37.1 Å². The molecule has 0 aliphatic rings. The van der Waals surface area contributed by atoms with Crippen LogP contribution in [0.3, 0.4) is 0 Å². The van der Waals surface area contributed by atoms with Gasteiger partial charge in [0.25, 0.3) is 0 Å². The Labute approximate surface area is 121 Å². The third kappa shape index (κ3) is 5.43. The zero-order valence-electron chi connectivity index (χ0n) is 12.5. The van der Waals surface area contributed by atoms with E-state index < -0.39 is 0 Å². The fourth-order valence-corrected chi connectivity index (χ4v) is 2.06. The standard InChI is InChI=1S/C16H24N2O2/c1-4-6-7-13(5-2)16(20)18-15-10-8-14(9-11-15)17-12(3)19/h8-11,13H,4-7H2,1-3H3,(H,17,19)(H,18,20)/t13-/m1/s1. The van der Waals surface area contributed by atoms with E-state index in [0.29, 0.717) is 0 Å². The third-order valence-electron chi connectivity index (χ3n) is 3.24. The molecule has 1 aromatic carbocycles. The van der Waals surface area contributed by atoms with Crippen LogP contribution in [0.15, 0.2) is 24.3 Å². The van der Waals surface area contributed by atoms with E-state index in [2.05, 4.69) is 17.6 Å². The highest BCUT2D eigenvalue weighted by atomic mass is 16.2. The Morgan fingerprint density at radius 3 is 2.05 bits per heavy atom. The van der Waals surface area contributed by atoms with E-state index >= 15 is 0 Å². The van der Waals surface area contributed by atoms with Gasteiger partial charge in [0.05, 0.1) is 0 Å². The quantitative estimate of drug-likeness (QED) is 0.795. The minimum absolute atomic E-state index is 0.0740. The number of carbonyl (C=O) groups is 2. The number of anilines is 2. The summed E-state index contributed by atoms with van der Waals surface area (Å²) in [6.07, 6.45) is 3.97. The predicted octanol–water partition coefficient (Wildman–Crippen LogP) is 3.80. The molecular formula is C16H24N2O2. The van der Waals surface area contributed by atoms with Gasteiger partial charge in [-0.1, -0.05) is 26.7 Å². The van der Waals surface area contributed by atoms with Crippen LogP contribution in [0.2, 0.25) is 0 Å². The maximum atomic E-state index is 12.1.